The molecule has 0 radical (unpaired) electrons. The van der Waals surface area contributed by atoms with Crippen LogP contribution in [-0.4, -0.2) is 30.0 Å². The second kappa shape index (κ2) is 16.4. The van der Waals surface area contributed by atoms with Crippen molar-refractivity contribution in [2.24, 2.45) is 5.92 Å². The molecule has 1 fully saturated rings. The quantitative estimate of drug-likeness (QED) is 0.183. The van der Waals surface area contributed by atoms with Gasteiger partial charge in [-0.25, -0.2) is 14.2 Å². The van der Waals surface area contributed by atoms with Gasteiger partial charge in [0, 0.05) is 36.2 Å². The molecule has 3 rings (SSSR count). The highest BCUT2D eigenvalue weighted by molar-refractivity contribution is 6.17. The van der Waals surface area contributed by atoms with Crippen molar-refractivity contribution in [2.75, 3.05) is 12.0 Å². The molecule has 0 bridgehead atoms. The Morgan fingerprint density at radius 2 is 1.68 bits per heavy atom. The Hall–Kier alpha value is -2.88. The number of hydrogen-bond acceptors (Lipinski definition) is 5. The summed E-state index contributed by atoms with van der Waals surface area (Å²) in [5.41, 5.74) is -1.42. The van der Waals surface area contributed by atoms with E-state index in [0.717, 1.165) is 50.8 Å². The zero-order valence-electron chi connectivity index (χ0n) is 24.1. The number of nitrogens with zero attached hydrogens (tertiary/aromatic N) is 2. The van der Waals surface area contributed by atoms with Crippen molar-refractivity contribution < 1.29 is 36.6 Å². The number of esters is 1. The summed E-state index contributed by atoms with van der Waals surface area (Å²) >= 11 is 5.62. The van der Waals surface area contributed by atoms with Crippen LogP contribution in [0.1, 0.15) is 95.1 Å². The maximum absolute atomic E-state index is 15.2. The van der Waals surface area contributed by atoms with Crippen molar-refractivity contribution in [2.45, 2.75) is 91.7 Å². The van der Waals surface area contributed by atoms with Gasteiger partial charge in [-0.15, -0.1) is 11.6 Å². The lowest BCUT2D eigenvalue weighted by molar-refractivity contribution is -0.139. The Morgan fingerprint density at radius 3 is 2.17 bits per heavy atom. The Morgan fingerprint density at radius 1 is 1.07 bits per heavy atom. The molecule has 0 saturated heterocycles. The summed E-state index contributed by atoms with van der Waals surface area (Å²) in [4.78, 5) is 31.0. The van der Waals surface area contributed by atoms with Crippen LogP contribution in [0, 0.1) is 11.7 Å². The van der Waals surface area contributed by atoms with Gasteiger partial charge in [-0.2, -0.15) is 13.2 Å². The molecule has 0 atom stereocenters. The van der Waals surface area contributed by atoms with E-state index in [1.807, 2.05) is 27.7 Å². The SMILES string of the molecule is CC.CC.COC(=O)c1cc(Oc2ncc(CCl)cc2C(F)(F)F)c(F)cc1N(C(=O)C1CCCCC1)C(C)C. The van der Waals surface area contributed by atoms with E-state index in [1.165, 1.54) is 4.90 Å². The molecule has 1 aromatic carbocycles. The molecule has 40 heavy (non-hydrogen) atoms. The van der Waals surface area contributed by atoms with Crippen LogP contribution >= 0.6 is 11.6 Å². The molecule has 11 heteroatoms. The molecule has 1 aliphatic rings. The number of aromatic nitrogens is 1. The van der Waals surface area contributed by atoms with Gasteiger partial charge in [-0.1, -0.05) is 47.0 Å². The van der Waals surface area contributed by atoms with E-state index in [4.69, 9.17) is 21.1 Å². The number of rotatable bonds is 7. The zero-order valence-corrected chi connectivity index (χ0v) is 24.9. The van der Waals surface area contributed by atoms with Crippen LogP contribution in [0.25, 0.3) is 0 Å². The lowest BCUT2D eigenvalue weighted by Gasteiger charge is -2.33. The van der Waals surface area contributed by atoms with Crippen LogP contribution in [0.15, 0.2) is 24.4 Å². The van der Waals surface area contributed by atoms with E-state index >= 15 is 4.39 Å². The molecule has 2 aromatic rings. The molecule has 6 nitrogen and oxygen atoms in total. The molecular weight excluding hydrogens is 552 g/mol. The molecule has 1 heterocycles. The van der Waals surface area contributed by atoms with Gasteiger partial charge in [0.2, 0.25) is 11.8 Å². The molecule has 1 aromatic heterocycles. The number of hydrogen-bond donors (Lipinski definition) is 0. The van der Waals surface area contributed by atoms with E-state index in [0.29, 0.717) is 12.8 Å². The second-order valence-corrected chi connectivity index (χ2v) is 9.13. The van der Waals surface area contributed by atoms with E-state index in [9.17, 15) is 22.8 Å². The van der Waals surface area contributed by atoms with Crippen molar-refractivity contribution in [3.8, 4) is 11.6 Å². The minimum absolute atomic E-state index is 0.0428. The van der Waals surface area contributed by atoms with Gasteiger partial charge < -0.3 is 14.4 Å². The van der Waals surface area contributed by atoms with Crippen LogP contribution in [0.2, 0.25) is 0 Å². The number of benzene rings is 1. The maximum atomic E-state index is 15.2. The molecule has 1 aliphatic carbocycles. The first-order chi connectivity index (χ1) is 19.0. The van der Waals surface area contributed by atoms with Crippen LogP contribution < -0.4 is 9.64 Å². The van der Waals surface area contributed by atoms with Gasteiger partial charge in [-0.3, -0.25) is 4.79 Å². The average Bonchev–Trinajstić information content (AvgIpc) is 2.96. The Bertz CT molecular complexity index is 1120. The summed E-state index contributed by atoms with van der Waals surface area (Å²) in [7, 11) is 1.10. The Balaban J connectivity index is 0.00000191. The van der Waals surface area contributed by atoms with E-state index in [2.05, 4.69) is 4.98 Å². The number of amides is 1. The van der Waals surface area contributed by atoms with Crippen molar-refractivity contribution in [1.82, 2.24) is 4.98 Å². The summed E-state index contributed by atoms with van der Waals surface area (Å²) in [6.45, 7) is 11.4. The summed E-state index contributed by atoms with van der Waals surface area (Å²) in [6.07, 6.45) is 0.405. The fourth-order valence-corrected chi connectivity index (χ4v) is 4.39. The van der Waals surface area contributed by atoms with Crippen LogP contribution in [0.3, 0.4) is 0 Å². The topological polar surface area (TPSA) is 68.7 Å². The number of carbonyl (C=O) groups excluding carboxylic acids is 2. The normalized spacial score (nSPS) is 13.4. The molecule has 0 unspecified atom stereocenters. The first kappa shape index (κ1) is 35.1. The predicted molar refractivity (Wildman–Crippen MR) is 149 cm³/mol. The number of alkyl halides is 4. The van der Waals surface area contributed by atoms with Gasteiger partial charge in [0.15, 0.2) is 11.6 Å². The smallest absolute Gasteiger partial charge is 0.421 e. The largest absolute Gasteiger partial charge is 0.465 e. The zero-order chi connectivity index (χ0) is 30.6. The van der Waals surface area contributed by atoms with Gasteiger partial charge in [-0.05, 0) is 38.3 Å². The Labute approximate surface area is 239 Å². The molecule has 0 N–H and O–H groups in total. The number of halogens is 5. The van der Waals surface area contributed by atoms with Crippen LogP contribution in [-0.2, 0) is 21.6 Å². The summed E-state index contributed by atoms with van der Waals surface area (Å²) < 4.78 is 66.0. The van der Waals surface area contributed by atoms with Crippen LogP contribution in [0.4, 0.5) is 23.2 Å². The third kappa shape index (κ3) is 8.81. The van der Waals surface area contributed by atoms with E-state index in [1.54, 1.807) is 13.8 Å². The standard InChI is InChI=1S/C25H27ClF4N2O4.2C2H6/c1-14(2)32(23(33)16-7-5-4-6-8-16)20-11-19(27)21(10-17(20)24(34)35-3)36-22-18(25(28,29)30)9-15(12-26)13-31-22;2*1-2/h9-11,13-14,16H,4-8,12H2,1-3H3;2*1-2H3. The molecule has 224 valence electrons. The van der Waals surface area contributed by atoms with Crippen molar-refractivity contribution >= 4 is 29.2 Å². The lowest BCUT2D eigenvalue weighted by atomic mass is 9.87. The minimum atomic E-state index is -4.85. The molecule has 1 saturated carbocycles. The van der Waals surface area contributed by atoms with Crippen molar-refractivity contribution in [3.05, 3.63) is 46.9 Å². The molecular formula is C29H39ClF4N2O4. The lowest BCUT2D eigenvalue weighted by Crippen LogP contribution is -2.42. The number of pyridine rings is 1. The number of anilines is 1. The highest BCUT2D eigenvalue weighted by atomic mass is 35.5. The first-order valence-electron chi connectivity index (χ1n) is 13.5. The second-order valence-electron chi connectivity index (χ2n) is 8.86. The minimum Gasteiger partial charge on any atom is -0.465 e. The third-order valence-electron chi connectivity index (χ3n) is 6.00. The van der Waals surface area contributed by atoms with Crippen LogP contribution in [0.5, 0.6) is 11.6 Å². The van der Waals surface area contributed by atoms with Gasteiger partial charge in [0.25, 0.3) is 0 Å². The summed E-state index contributed by atoms with van der Waals surface area (Å²) in [5.74, 6) is -4.30. The Kier molecular flexibility index (Phi) is 14.4. The first-order valence-corrected chi connectivity index (χ1v) is 14.1. The van der Waals surface area contributed by atoms with E-state index < -0.39 is 41.2 Å². The number of methoxy groups -OCH3 is 1. The summed E-state index contributed by atoms with van der Waals surface area (Å²) in [6, 6.07) is 2.15. The number of carbonyl (C=O) groups is 2. The average molecular weight is 591 g/mol. The molecule has 1 amide bonds. The van der Waals surface area contributed by atoms with Crippen molar-refractivity contribution in [1.29, 1.82) is 0 Å². The van der Waals surface area contributed by atoms with E-state index in [-0.39, 0.29) is 34.5 Å². The number of ether oxygens (including phenoxy) is 2. The molecule has 0 spiro atoms. The highest BCUT2D eigenvalue weighted by Crippen LogP contribution is 2.40. The maximum Gasteiger partial charge on any atom is 0.421 e. The monoisotopic (exact) mass is 590 g/mol. The van der Waals surface area contributed by atoms with Gasteiger partial charge in [0.05, 0.1) is 18.4 Å². The van der Waals surface area contributed by atoms with Gasteiger partial charge in [0.1, 0.15) is 5.56 Å². The fourth-order valence-electron chi connectivity index (χ4n) is 4.25. The summed E-state index contributed by atoms with van der Waals surface area (Å²) in [5, 5.41) is 0. The van der Waals surface area contributed by atoms with Crippen molar-refractivity contribution in [3.63, 3.8) is 0 Å². The fraction of sp³-hybridized carbons (Fsp3) is 0.552. The third-order valence-corrected chi connectivity index (χ3v) is 6.31. The predicted octanol–water partition coefficient (Wildman–Crippen LogP) is 8.93. The van der Waals surface area contributed by atoms with Gasteiger partial charge >= 0.3 is 12.1 Å². The highest BCUT2D eigenvalue weighted by Gasteiger charge is 2.37. The molecule has 0 aliphatic heterocycles.